The predicted molar refractivity (Wildman–Crippen MR) is 64.7 cm³/mol. The van der Waals surface area contributed by atoms with E-state index in [1.807, 2.05) is 0 Å². The maximum absolute atomic E-state index is 6.20. The van der Waals surface area contributed by atoms with Crippen molar-refractivity contribution in [3.8, 4) is 0 Å². The Morgan fingerprint density at radius 2 is 2.20 bits per heavy atom. The minimum Gasteiger partial charge on any atom is -0.327 e. The highest BCUT2D eigenvalue weighted by atomic mass is 15.2. The minimum absolute atomic E-state index is 0.462. The fourth-order valence-corrected chi connectivity index (χ4v) is 3.17. The van der Waals surface area contributed by atoms with Gasteiger partial charge in [-0.05, 0) is 31.1 Å². The van der Waals surface area contributed by atoms with Crippen molar-refractivity contribution in [1.82, 2.24) is 4.90 Å². The average Bonchev–Trinajstić information content (AvgIpc) is 2.62. The summed E-state index contributed by atoms with van der Waals surface area (Å²) in [5, 5.41) is 0. The molecule has 3 unspecified atom stereocenters. The molecule has 0 aromatic carbocycles. The summed E-state index contributed by atoms with van der Waals surface area (Å²) < 4.78 is 0. The zero-order valence-corrected chi connectivity index (χ0v) is 9.91. The highest BCUT2D eigenvalue weighted by molar-refractivity contribution is 5.00. The molecular weight excluding hydrogens is 184 g/mol. The smallest absolute Gasteiger partial charge is 0.0190 e. The Morgan fingerprint density at radius 3 is 2.87 bits per heavy atom. The molecule has 1 heterocycles. The van der Waals surface area contributed by atoms with Gasteiger partial charge in [0.15, 0.2) is 0 Å². The Kier molecular flexibility index (Phi) is 3.47. The molecule has 2 aliphatic rings. The zero-order chi connectivity index (χ0) is 10.8. The normalized spacial score (nSPS) is 36.5. The van der Waals surface area contributed by atoms with Crippen molar-refractivity contribution in [2.45, 2.75) is 38.6 Å². The maximum atomic E-state index is 6.20. The highest BCUT2D eigenvalue weighted by Crippen LogP contribution is 2.35. The summed E-state index contributed by atoms with van der Waals surface area (Å²) in [5.41, 5.74) is 7.56. The Morgan fingerprint density at radius 1 is 1.40 bits per heavy atom. The lowest BCUT2D eigenvalue weighted by Gasteiger charge is -2.29. The van der Waals surface area contributed by atoms with Gasteiger partial charge in [-0.15, -0.1) is 0 Å². The van der Waals surface area contributed by atoms with E-state index < -0.39 is 0 Å². The van der Waals surface area contributed by atoms with Gasteiger partial charge in [0.2, 0.25) is 0 Å². The molecule has 1 aliphatic heterocycles. The molecule has 0 aromatic rings. The molecular formula is C13H24N2. The second kappa shape index (κ2) is 4.67. The summed E-state index contributed by atoms with van der Waals surface area (Å²) >= 11 is 0. The molecule has 2 heteroatoms. The zero-order valence-electron chi connectivity index (χ0n) is 9.91. The molecule has 0 aromatic heterocycles. The van der Waals surface area contributed by atoms with Crippen LogP contribution >= 0.6 is 0 Å². The van der Waals surface area contributed by atoms with Crippen LogP contribution in [0.3, 0.4) is 0 Å². The van der Waals surface area contributed by atoms with Crippen molar-refractivity contribution in [2.24, 2.45) is 17.6 Å². The third-order valence-corrected chi connectivity index (χ3v) is 4.18. The van der Waals surface area contributed by atoms with E-state index in [0.717, 1.165) is 24.8 Å². The molecule has 2 fully saturated rings. The monoisotopic (exact) mass is 208 g/mol. The van der Waals surface area contributed by atoms with Gasteiger partial charge in [-0.2, -0.15) is 0 Å². The van der Waals surface area contributed by atoms with Crippen LogP contribution < -0.4 is 5.73 Å². The first-order valence-electron chi connectivity index (χ1n) is 6.35. The van der Waals surface area contributed by atoms with Crippen LogP contribution in [0.5, 0.6) is 0 Å². The number of nitrogens with zero attached hydrogens (tertiary/aromatic N) is 1. The molecule has 0 spiro atoms. The number of nitrogens with two attached hydrogens (primary N) is 1. The molecule has 2 rings (SSSR count). The van der Waals surface area contributed by atoms with Crippen LogP contribution in [0.1, 0.15) is 32.6 Å². The van der Waals surface area contributed by atoms with Crippen LogP contribution in [-0.4, -0.2) is 30.6 Å². The average molecular weight is 208 g/mol. The maximum Gasteiger partial charge on any atom is 0.0190 e. The molecule has 1 aliphatic carbocycles. The molecule has 15 heavy (non-hydrogen) atoms. The molecule has 2 nitrogen and oxygen atoms in total. The Balaban J connectivity index is 1.89. The Hall–Kier alpha value is -0.340. The molecule has 1 saturated heterocycles. The summed E-state index contributed by atoms with van der Waals surface area (Å²) in [6.45, 7) is 9.86. The molecule has 0 bridgehead atoms. The summed E-state index contributed by atoms with van der Waals surface area (Å²) in [6, 6.07) is 0.462. The topological polar surface area (TPSA) is 29.3 Å². The second-order valence-electron chi connectivity index (χ2n) is 5.32. The van der Waals surface area contributed by atoms with E-state index in [1.54, 1.807) is 0 Å². The van der Waals surface area contributed by atoms with E-state index in [-0.39, 0.29) is 0 Å². The van der Waals surface area contributed by atoms with Gasteiger partial charge in [0, 0.05) is 25.7 Å². The van der Waals surface area contributed by atoms with Crippen LogP contribution in [0.4, 0.5) is 0 Å². The van der Waals surface area contributed by atoms with Crippen molar-refractivity contribution in [3.05, 3.63) is 12.2 Å². The lowest BCUT2D eigenvalue weighted by Crippen LogP contribution is -2.38. The molecule has 0 radical (unpaired) electrons. The minimum atomic E-state index is 0.462. The van der Waals surface area contributed by atoms with Crippen LogP contribution in [0.2, 0.25) is 0 Å². The van der Waals surface area contributed by atoms with Crippen molar-refractivity contribution < 1.29 is 0 Å². The van der Waals surface area contributed by atoms with E-state index >= 15 is 0 Å². The van der Waals surface area contributed by atoms with Crippen molar-refractivity contribution >= 4 is 0 Å². The van der Waals surface area contributed by atoms with E-state index in [0.29, 0.717) is 6.04 Å². The quantitative estimate of drug-likeness (QED) is 0.719. The lowest BCUT2D eigenvalue weighted by molar-refractivity contribution is 0.259. The fraction of sp³-hybridized carbons (Fsp3) is 0.846. The number of fused-ring (bicyclic) bond motifs is 1. The summed E-state index contributed by atoms with van der Waals surface area (Å²) in [6.07, 6.45) is 5.08. The second-order valence-corrected chi connectivity index (χ2v) is 5.32. The van der Waals surface area contributed by atoms with Gasteiger partial charge in [0.05, 0.1) is 0 Å². The van der Waals surface area contributed by atoms with Gasteiger partial charge < -0.3 is 5.73 Å². The standard InChI is InChI=1S/C13H24N2/c1-3-10(2)7-15-8-11-5-4-6-13(14)12(11)9-15/h11-13H,2-9,14H2,1H3. The predicted octanol–water partition coefficient (Wildman–Crippen LogP) is 2.01. The lowest BCUT2D eigenvalue weighted by atomic mass is 9.78. The van der Waals surface area contributed by atoms with Crippen LogP contribution in [0, 0.1) is 11.8 Å². The van der Waals surface area contributed by atoms with Crippen LogP contribution in [-0.2, 0) is 0 Å². The van der Waals surface area contributed by atoms with Gasteiger partial charge in [-0.25, -0.2) is 0 Å². The molecule has 1 saturated carbocycles. The van der Waals surface area contributed by atoms with Crippen LogP contribution in [0.15, 0.2) is 12.2 Å². The van der Waals surface area contributed by atoms with Gasteiger partial charge in [-0.1, -0.05) is 25.5 Å². The third-order valence-electron chi connectivity index (χ3n) is 4.18. The van der Waals surface area contributed by atoms with E-state index in [4.69, 9.17) is 5.73 Å². The Bertz CT molecular complexity index is 237. The van der Waals surface area contributed by atoms with Gasteiger partial charge in [0.25, 0.3) is 0 Å². The summed E-state index contributed by atoms with van der Waals surface area (Å²) in [7, 11) is 0. The van der Waals surface area contributed by atoms with Gasteiger partial charge in [0.1, 0.15) is 0 Å². The van der Waals surface area contributed by atoms with E-state index in [9.17, 15) is 0 Å². The Labute approximate surface area is 93.5 Å². The molecule has 3 atom stereocenters. The molecule has 2 N–H and O–H groups in total. The van der Waals surface area contributed by atoms with Crippen molar-refractivity contribution in [1.29, 1.82) is 0 Å². The molecule has 86 valence electrons. The fourth-order valence-electron chi connectivity index (χ4n) is 3.17. The SMILES string of the molecule is C=C(CC)CN1CC2CCCC(N)C2C1. The number of hydrogen-bond acceptors (Lipinski definition) is 2. The van der Waals surface area contributed by atoms with Gasteiger partial charge in [-0.3, -0.25) is 4.90 Å². The third kappa shape index (κ3) is 2.43. The van der Waals surface area contributed by atoms with Crippen molar-refractivity contribution in [2.75, 3.05) is 19.6 Å². The summed E-state index contributed by atoms with van der Waals surface area (Å²) in [5.74, 6) is 1.64. The largest absolute Gasteiger partial charge is 0.327 e. The highest BCUT2D eigenvalue weighted by Gasteiger charge is 2.38. The molecule has 0 amide bonds. The first kappa shape index (κ1) is 11.2. The van der Waals surface area contributed by atoms with E-state index in [2.05, 4.69) is 18.4 Å². The van der Waals surface area contributed by atoms with E-state index in [1.165, 1.54) is 37.9 Å². The van der Waals surface area contributed by atoms with Crippen molar-refractivity contribution in [3.63, 3.8) is 0 Å². The number of rotatable bonds is 3. The van der Waals surface area contributed by atoms with Crippen LogP contribution in [0.25, 0.3) is 0 Å². The number of hydrogen-bond donors (Lipinski definition) is 1. The summed E-state index contributed by atoms with van der Waals surface area (Å²) in [4.78, 5) is 2.56. The first-order valence-corrected chi connectivity index (χ1v) is 6.35. The number of likely N-dealkylation sites (tertiary alicyclic amines) is 1. The first-order chi connectivity index (χ1) is 7.20. The van der Waals surface area contributed by atoms with Gasteiger partial charge >= 0.3 is 0 Å².